The number of hydrogen-bond acceptors (Lipinski definition) is 6. The number of para-hydroxylation sites is 1. The van der Waals surface area contributed by atoms with Gasteiger partial charge in [-0.25, -0.2) is 9.69 Å². The Morgan fingerprint density at radius 1 is 1.27 bits per heavy atom. The quantitative estimate of drug-likeness (QED) is 0.359. The van der Waals surface area contributed by atoms with Gasteiger partial charge in [0.25, 0.3) is 11.6 Å². The average molecular weight is 357 g/mol. The van der Waals surface area contributed by atoms with Gasteiger partial charge < -0.3 is 14.8 Å². The Labute approximate surface area is 145 Å². The fourth-order valence-electron chi connectivity index (χ4n) is 2.41. The summed E-state index contributed by atoms with van der Waals surface area (Å²) in [7, 11) is 0. The third kappa shape index (κ3) is 3.15. The number of nitro groups is 1. The Morgan fingerprint density at radius 3 is 2.69 bits per heavy atom. The topological polar surface area (TPSA) is 143 Å². The van der Waals surface area contributed by atoms with E-state index in [-0.39, 0.29) is 28.5 Å². The molecule has 2 N–H and O–H groups in total. The van der Waals surface area contributed by atoms with Crippen molar-refractivity contribution in [3.63, 3.8) is 0 Å². The second-order valence-corrected chi connectivity index (χ2v) is 5.25. The first-order chi connectivity index (χ1) is 12.4. The van der Waals surface area contributed by atoms with Crippen molar-refractivity contribution < 1.29 is 28.8 Å². The zero-order valence-corrected chi connectivity index (χ0v) is 13.0. The maximum Gasteiger partial charge on any atom is 0.329 e. The Balaban J connectivity index is 1.89. The monoisotopic (exact) mass is 357 g/mol. The van der Waals surface area contributed by atoms with E-state index in [9.17, 15) is 24.5 Å². The highest BCUT2D eigenvalue weighted by Crippen LogP contribution is 2.31. The number of hydrogen-bond donors (Lipinski definition) is 2. The van der Waals surface area contributed by atoms with Gasteiger partial charge in [-0.1, -0.05) is 12.1 Å². The van der Waals surface area contributed by atoms with Crippen LogP contribution in [0.3, 0.4) is 0 Å². The minimum atomic E-state index is -1.33. The molecule has 2 aromatic rings. The van der Waals surface area contributed by atoms with E-state index >= 15 is 0 Å². The minimum absolute atomic E-state index is 0.140. The van der Waals surface area contributed by atoms with Crippen LogP contribution in [0.1, 0.15) is 5.76 Å². The molecule has 1 saturated heterocycles. The van der Waals surface area contributed by atoms with Crippen LogP contribution in [0.2, 0.25) is 0 Å². The van der Waals surface area contributed by atoms with Crippen LogP contribution in [-0.2, 0) is 9.59 Å². The van der Waals surface area contributed by atoms with Crippen molar-refractivity contribution in [3.05, 3.63) is 58.0 Å². The number of nitrogens with zero attached hydrogens (tertiary/aromatic N) is 2. The molecule has 1 aromatic heterocycles. The van der Waals surface area contributed by atoms with Crippen LogP contribution in [0.25, 0.3) is 17.4 Å². The van der Waals surface area contributed by atoms with E-state index in [1.807, 2.05) is 0 Å². The smallest absolute Gasteiger partial charge is 0.329 e. The van der Waals surface area contributed by atoms with E-state index in [2.05, 4.69) is 5.32 Å². The van der Waals surface area contributed by atoms with Gasteiger partial charge in [-0.15, -0.1) is 0 Å². The van der Waals surface area contributed by atoms with Crippen molar-refractivity contribution in [2.24, 2.45) is 0 Å². The highest BCUT2D eigenvalue weighted by molar-refractivity contribution is 6.14. The van der Waals surface area contributed by atoms with Crippen LogP contribution < -0.4 is 5.32 Å². The van der Waals surface area contributed by atoms with E-state index in [0.29, 0.717) is 4.90 Å². The van der Waals surface area contributed by atoms with Crippen molar-refractivity contribution in [2.45, 2.75) is 0 Å². The predicted molar refractivity (Wildman–Crippen MR) is 86.7 cm³/mol. The molecule has 1 aliphatic heterocycles. The van der Waals surface area contributed by atoms with E-state index in [0.717, 1.165) is 0 Å². The van der Waals surface area contributed by atoms with Crippen molar-refractivity contribution in [1.82, 2.24) is 10.2 Å². The number of rotatable bonds is 5. The second-order valence-electron chi connectivity index (χ2n) is 5.25. The lowest BCUT2D eigenvalue weighted by atomic mass is 10.1. The van der Waals surface area contributed by atoms with Gasteiger partial charge in [0.1, 0.15) is 23.8 Å². The summed E-state index contributed by atoms with van der Waals surface area (Å²) in [6.07, 6.45) is 1.22. The fourth-order valence-corrected chi connectivity index (χ4v) is 2.41. The summed E-state index contributed by atoms with van der Waals surface area (Å²) in [6.45, 7) is -0.762. The van der Waals surface area contributed by atoms with Gasteiger partial charge in [0.15, 0.2) is 0 Å². The summed E-state index contributed by atoms with van der Waals surface area (Å²) >= 11 is 0. The molecule has 2 heterocycles. The van der Waals surface area contributed by atoms with Gasteiger partial charge in [0, 0.05) is 12.1 Å². The maximum absolute atomic E-state index is 12.1. The fraction of sp³-hybridized carbons (Fsp3) is 0.0625. The average Bonchev–Trinajstić information content (AvgIpc) is 3.15. The Bertz CT molecular complexity index is 960. The van der Waals surface area contributed by atoms with Gasteiger partial charge in [-0.3, -0.25) is 19.7 Å². The normalized spacial score (nSPS) is 15.4. The number of furan rings is 1. The van der Waals surface area contributed by atoms with Gasteiger partial charge in [-0.2, -0.15) is 0 Å². The van der Waals surface area contributed by atoms with Crippen molar-refractivity contribution in [2.75, 3.05) is 6.54 Å². The lowest BCUT2D eigenvalue weighted by molar-refractivity contribution is -0.384. The number of aliphatic carboxylic acids is 1. The molecule has 10 heteroatoms. The largest absolute Gasteiger partial charge is 0.480 e. The zero-order chi connectivity index (χ0) is 18.8. The molecule has 132 valence electrons. The van der Waals surface area contributed by atoms with Gasteiger partial charge in [0.2, 0.25) is 0 Å². The summed E-state index contributed by atoms with van der Waals surface area (Å²) in [5.74, 6) is -1.75. The van der Waals surface area contributed by atoms with E-state index in [1.54, 1.807) is 6.07 Å². The number of nitro benzene ring substituents is 1. The van der Waals surface area contributed by atoms with E-state index < -0.39 is 29.4 Å². The van der Waals surface area contributed by atoms with Gasteiger partial charge in [-0.05, 0) is 18.2 Å². The predicted octanol–water partition coefficient (Wildman–Crippen LogP) is 1.83. The number of imide groups is 1. The first-order valence-corrected chi connectivity index (χ1v) is 7.27. The molecule has 1 fully saturated rings. The molecular weight excluding hydrogens is 346 g/mol. The molecule has 0 bridgehead atoms. The molecule has 0 radical (unpaired) electrons. The number of benzene rings is 1. The van der Waals surface area contributed by atoms with E-state index in [4.69, 9.17) is 9.52 Å². The van der Waals surface area contributed by atoms with Gasteiger partial charge in [0.05, 0.1) is 10.5 Å². The second kappa shape index (κ2) is 6.51. The number of carboxylic acids is 1. The molecule has 3 amide bonds. The van der Waals surface area contributed by atoms with Crippen molar-refractivity contribution >= 4 is 29.7 Å². The van der Waals surface area contributed by atoms with Crippen LogP contribution in [0, 0.1) is 10.1 Å². The van der Waals surface area contributed by atoms with E-state index in [1.165, 1.54) is 36.4 Å². The lowest BCUT2D eigenvalue weighted by Gasteiger charge is -2.06. The highest BCUT2D eigenvalue weighted by atomic mass is 16.6. The summed E-state index contributed by atoms with van der Waals surface area (Å²) in [4.78, 5) is 45.5. The van der Waals surface area contributed by atoms with Crippen LogP contribution in [-0.4, -0.2) is 39.4 Å². The lowest BCUT2D eigenvalue weighted by Crippen LogP contribution is -2.35. The third-order valence-corrected chi connectivity index (χ3v) is 3.54. The minimum Gasteiger partial charge on any atom is -0.480 e. The number of carbonyl (C=O) groups excluding carboxylic acids is 2. The molecular formula is C16H11N3O7. The number of amides is 3. The highest BCUT2D eigenvalue weighted by Gasteiger charge is 2.35. The number of carbonyl (C=O) groups is 3. The Kier molecular flexibility index (Phi) is 4.23. The van der Waals surface area contributed by atoms with Crippen LogP contribution in [0.15, 0.2) is 46.5 Å². The van der Waals surface area contributed by atoms with Crippen LogP contribution in [0.5, 0.6) is 0 Å². The number of nitrogens with one attached hydrogen (secondary N) is 1. The molecule has 0 atom stereocenters. The van der Waals surface area contributed by atoms with Gasteiger partial charge >= 0.3 is 12.0 Å². The number of carboxylic acid groups (broad SMARTS) is 1. The molecule has 3 rings (SSSR count). The number of urea groups is 1. The maximum atomic E-state index is 12.1. The van der Waals surface area contributed by atoms with Crippen molar-refractivity contribution in [3.8, 4) is 11.3 Å². The van der Waals surface area contributed by atoms with Crippen LogP contribution in [0.4, 0.5) is 10.5 Å². The first-order valence-electron chi connectivity index (χ1n) is 7.27. The zero-order valence-electron chi connectivity index (χ0n) is 13.0. The standard InChI is InChI=1S/C16H11N3O7/c20-14(21)8-18-15(22)11(17-16(18)23)7-9-5-6-13(26-9)10-3-1-2-4-12(10)19(24)25/h1-7H,8H2,(H,17,23)(H,20,21)/b11-7-. The Morgan fingerprint density at radius 2 is 2.00 bits per heavy atom. The molecule has 1 aliphatic rings. The molecule has 26 heavy (non-hydrogen) atoms. The first kappa shape index (κ1) is 16.9. The molecule has 0 unspecified atom stereocenters. The summed E-state index contributed by atoms with van der Waals surface area (Å²) < 4.78 is 5.50. The SMILES string of the molecule is O=C(O)CN1C(=O)N/C(=C\c2ccc(-c3ccccc3[N+](=O)[O-])o2)C1=O. The summed E-state index contributed by atoms with van der Waals surface area (Å²) in [5.41, 5.74) is -0.0323. The molecule has 0 saturated carbocycles. The molecule has 10 nitrogen and oxygen atoms in total. The van der Waals surface area contributed by atoms with Crippen molar-refractivity contribution in [1.29, 1.82) is 0 Å². The molecule has 0 spiro atoms. The Hall–Kier alpha value is -3.95. The summed E-state index contributed by atoms with van der Waals surface area (Å²) in [5, 5.41) is 22.1. The summed E-state index contributed by atoms with van der Waals surface area (Å²) in [6, 6.07) is 8.11. The molecule has 1 aromatic carbocycles. The van der Waals surface area contributed by atoms with Crippen LogP contribution >= 0.6 is 0 Å². The third-order valence-electron chi connectivity index (χ3n) is 3.54. The molecule has 0 aliphatic carbocycles.